The second-order valence-electron chi connectivity index (χ2n) is 5.32. The lowest BCUT2D eigenvalue weighted by atomic mass is 9.84. The van der Waals surface area contributed by atoms with Crippen LogP contribution in [-0.2, 0) is 0 Å². The molecule has 0 radical (unpaired) electrons. The van der Waals surface area contributed by atoms with Crippen molar-refractivity contribution in [3.05, 3.63) is 35.4 Å². The zero-order valence-corrected chi connectivity index (χ0v) is 11.4. The number of rotatable bonds is 4. The maximum Gasteiger partial charge on any atom is 0.254 e. The third kappa shape index (κ3) is 3.33. The predicted octanol–water partition coefficient (Wildman–Crippen LogP) is 2.60. The maximum absolute atomic E-state index is 13.6. The number of carbonyl (C=O) groups is 1. The predicted molar refractivity (Wildman–Crippen MR) is 73.2 cm³/mol. The van der Waals surface area contributed by atoms with Crippen molar-refractivity contribution in [3.8, 4) is 0 Å². The fourth-order valence-electron chi connectivity index (χ4n) is 2.83. The summed E-state index contributed by atoms with van der Waals surface area (Å²) in [5.74, 6) is -2.39. The fraction of sp³-hybridized carbons (Fsp3) is 0.533. The average molecular weight is 282 g/mol. The molecule has 0 spiro atoms. The Labute approximate surface area is 117 Å². The summed E-state index contributed by atoms with van der Waals surface area (Å²) in [6.45, 7) is 0.313. The SMILES string of the molecule is NCC(NC(=O)c1cccc(F)c1F)C1CCCCC1. The van der Waals surface area contributed by atoms with Crippen molar-refractivity contribution >= 4 is 5.91 Å². The van der Waals surface area contributed by atoms with Crippen LogP contribution in [0, 0.1) is 17.6 Å². The van der Waals surface area contributed by atoms with Crippen LogP contribution < -0.4 is 11.1 Å². The van der Waals surface area contributed by atoms with Crippen molar-refractivity contribution in [2.45, 2.75) is 38.1 Å². The number of nitrogens with one attached hydrogen (secondary N) is 1. The molecule has 1 aliphatic carbocycles. The first-order valence-electron chi connectivity index (χ1n) is 7.08. The summed E-state index contributed by atoms with van der Waals surface area (Å²) in [5.41, 5.74) is 5.45. The molecular formula is C15H20F2N2O. The Bertz CT molecular complexity index is 473. The Morgan fingerprint density at radius 1 is 1.30 bits per heavy atom. The van der Waals surface area contributed by atoms with E-state index in [1.54, 1.807) is 0 Å². The van der Waals surface area contributed by atoms with E-state index in [2.05, 4.69) is 5.32 Å². The Morgan fingerprint density at radius 3 is 2.65 bits per heavy atom. The highest BCUT2D eigenvalue weighted by Gasteiger charge is 2.25. The van der Waals surface area contributed by atoms with Crippen LogP contribution in [0.4, 0.5) is 8.78 Å². The topological polar surface area (TPSA) is 55.1 Å². The Hall–Kier alpha value is -1.49. The number of benzene rings is 1. The van der Waals surface area contributed by atoms with Gasteiger partial charge in [0.25, 0.3) is 5.91 Å². The van der Waals surface area contributed by atoms with Gasteiger partial charge in [0, 0.05) is 12.6 Å². The largest absolute Gasteiger partial charge is 0.348 e. The van der Waals surface area contributed by atoms with Gasteiger partial charge in [0.1, 0.15) is 0 Å². The fourth-order valence-corrected chi connectivity index (χ4v) is 2.83. The van der Waals surface area contributed by atoms with Crippen molar-refractivity contribution in [3.63, 3.8) is 0 Å². The first-order valence-corrected chi connectivity index (χ1v) is 7.08. The Morgan fingerprint density at radius 2 is 2.00 bits per heavy atom. The molecule has 1 atom stereocenters. The summed E-state index contributed by atoms with van der Waals surface area (Å²) in [5, 5.41) is 2.75. The van der Waals surface area contributed by atoms with Gasteiger partial charge >= 0.3 is 0 Å². The Balaban J connectivity index is 2.06. The second kappa shape index (κ2) is 6.79. The molecule has 0 aromatic heterocycles. The zero-order chi connectivity index (χ0) is 14.5. The number of nitrogens with two attached hydrogens (primary N) is 1. The van der Waals surface area contributed by atoms with Crippen LogP contribution in [0.5, 0.6) is 0 Å². The molecule has 0 heterocycles. The quantitative estimate of drug-likeness (QED) is 0.892. The van der Waals surface area contributed by atoms with Crippen LogP contribution in [-0.4, -0.2) is 18.5 Å². The molecule has 20 heavy (non-hydrogen) atoms. The van der Waals surface area contributed by atoms with E-state index in [-0.39, 0.29) is 11.6 Å². The molecule has 1 aromatic rings. The van der Waals surface area contributed by atoms with Gasteiger partial charge in [-0.05, 0) is 30.9 Å². The summed E-state index contributed by atoms with van der Waals surface area (Å²) >= 11 is 0. The van der Waals surface area contributed by atoms with E-state index in [0.717, 1.165) is 31.7 Å². The summed E-state index contributed by atoms with van der Waals surface area (Å²) < 4.78 is 26.7. The minimum absolute atomic E-state index is 0.175. The summed E-state index contributed by atoms with van der Waals surface area (Å²) in [6, 6.07) is 3.42. The van der Waals surface area contributed by atoms with Crippen LogP contribution in [0.25, 0.3) is 0 Å². The van der Waals surface area contributed by atoms with Crippen LogP contribution >= 0.6 is 0 Å². The molecule has 1 aromatic carbocycles. The molecule has 1 aliphatic rings. The van der Waals surface area contributed by atoms with E-state index in [1.165, 1.54) is 18.6 Å². The maximum atomic E-state index is 13.6. The molecule has 2 rings (SSSR count). The second-order valence-corrected chi connectivity index (χ2v) is 5.32. The number of hydrogen-bond donors (Lipinski definition) is 2. The highest BCUT2D eigenvalue weighted by Crippen LogP contribution is 2.26. The number of hydrogen-bond acceptors (Lipinski definition) is 2. The monoisotopic (exact) mass is 282 g/mol. The highest BCUT2D eigenvalue weighted by molar-refractivity contribution is 5.94. The molecular weight excluding hydrogens is 262 g/mol. The van der Waals surface area contributed by atoms with Crippen LogP contribution in [0.2, 0.25) is 0 Å². The number of halogens is 2. The molecule has 0 bridgehead atoms. The molecule has 3 N–H and O–H groups in total. The van der Waals surface area contributed by atoms with E-state index in [1.807, 2.05) is 0 Å². The van der Waals surface area contributed by atoms with Gasteiger partial charge in [0.05, 0.1) is 5.56 Å². The standard InChI is InChI=1S/C15H20F2N2O/c16-12-8-4-7-11(14(12)17)15(20)19-13(9-18)10-5-2-1-3-6-10/h4,7-8,10,13H,1-3,5-6,9,18H2,(H,19,20). The molecule has 1 saturated carbocycles. The van der Waals surface area contributed by atoms with E-state index in [9.17, 15) is 13.6 Å². The third-order valence-corrected chi connectivity index (χ3v) is 3.99. The summed E-state index contributed by atoms with van der Waals surface area (Å²) in [6.07, 6.45) is 5.51. The van der Waals surface area contributed by atoms with Crippen molar-refractivity contribution in [2.75, 3.05) is 6.54 Å². The normalized spacial score (nSPS) is 17.8. The average Bonchev–Trinajstić information content (AvgIpc) is 2.48. The number of carbonyl (C=O) groups excluding carboxylic acids is 1. The molecule has 3 nitrogen and oxygen atoms in total. The summed E-state index contributed by atoms with van der Waals surface area (Å²) in [4.78, 5) is 12.1. The summed E-state index contributed by atoms with van der Waals surface area (Å²) in [7, 11) is 0. The lowest BCUT2D eigenvalue weighted by Gasteiger charge is -2.30. The van der Waals surface area contributed by atoms with Crippen molar-refractivity contribution in [1.29, 1.82) is 0 Å². The lowest BCUT2D eigenvalue weighted by molar-refractivity contribution is 0.0910. The van der Waals surface area contributed by atoms with Crippen molar-refractivity contribution < 1.29 is 13.6 Å². The molecule has 110 valence electrons. The van der Waals surface area contributed by atoms with Gasteiger partial charge in [-0.25, -0.2) is 8.78 Å². The van der Waals surface area contributed by atoms with Crippen LogP contribution in [0.15, 0.2) is 18.2 Å². The van der Waals surface area contributed by atoms with Crippen molar-refractivity contribution in [1.82, 2.24) is 5.32 Å². The minimum atomic E-state index is -1.11. The highest BCUT2D eigenvalue weighted by atomic mass is 19.2. The smallest absolute Gasteiger partial charge is 0.254 e. The minimum Gasteiger partial charge on any atom is -0.348 e. The lowest BCUT2D eigenvalue weighted by Crippen LogP contribution is -2.46. The van der Waals surface area contributed by atoms with E-state index < -0.39 is 17.5 Å². The first-order chi connectivity index (χ1) is 9.63. The number of amides is 1. The zero-order valence-electron chi connectivity index (χ0n) is 11.4. The van der Waals surface area contributed by atoms with Gasteiger partial charge in [-0.1, -0.05) is 25.3 Å². The molecule has 0 aliphatic heterocycles. The molecule has 1 amide bonds. The van der Waals surface area contributed by atoms with Crippen molar-refractivity contribution in [2.24, 2.45) is 11.7 Å². The molecule has 0 saturated heterocycles. The van der Waals surface area contributed by atoms with Gasteiger partial charge in [0.2, 0.25) is 0 Å². The van der Waals surface area contributed by atoms with E-state index in [0.29, 0.717) is 12.5 Å². The molecule has 5 heteroatoms. The molecule has 1 unspecified atom stereocenters. The van der Waals surface area contributed by atoms with Crippen LogP contribution in [0.3, 0.4) is 0 Å². The van der Waals surface area contributed by atoms with Crippen LogP contribution in [0.1, 0.15) is 42.5 Å². The van der Waals surface area contributed by atoms with Gasteiger partial charge in [0.15, 0.2) is 11.6 Å². The third-order valence-electron chi connectivity index (χ3n) is 3.99. The Kier molecular flexibility index (Phi) is 5.06. The van der Waals surface area contributed by atoms with Gasteiger partial charge in [-0.3, -0.25) is 4.79 Å². The van der Waals surface area contributed by atoms with E-state index >= 15 is 0 Å². The molecule has 1 fully saturated rings. The van der Waals surface area contributed by atoms with Gasteiger partial charge < -0.3 is 11.1 Å². The van der Waals surface area contributed by atoms with E-state index in [4.69, 9.17) is 5.73 Å². The first kappa shape index (κ1) is 14.9. The van der Waals surface area contributed by atoms with Gasteiger partial charge in [-0.15, -0.1) is 0 Å². The van der Waals surface area contributed by atoms with Gasteiger partial charge in [-0.2, -0.15) is 0 Å².